The zero-order chi connectivity index (χ0) is 16.4. The van der Waals surface area contributed by atoms with Crippen molar-refractivity contribution in [2.45, 2.75) is 44.1 Å². The largest absolute Gasteiger partial charge is 0.468 e. The number of ether oxygens (including phenoxy) is 1. The summed E-state index contributed by atoms with van der Waals surface area (Å²) in [5.74, 6) is -0.269. The molecule has 7 nitrogen and oxygen atoms in total. The topological polar surface area (TPSA) is 113 Å². The summed E-state index contributed by atoms with van der Waals surface area (Å²) in [5.41, 5.74) is 15.3. The van der Waals surface area contributed by atoms with Gasteiger partial charge in [-0.1, -0.05) is 6.42 Å². The molecule has 3 rings (SSSR count). The molecule has 0 aromatic carbocycles. The Bertz CT molecular complexity index is 667. The number of pyridine rings is 1. The number of aromatic nitrogens is 1. The van der Waals surface area contributed by atoms with Crippen LogP contribution in [0.1, 0.15) is 47.6 Å². The van der Waals surface area contributed by atoms with Crippen LogP contribution in [-0.4, -0.2) is 30.6 Å². The van der Waals surface area contributed by atoms with Gasteiger partial charge in [-0.25, -0.2) is 10.4 Å². The highest BCUT2D eigenvalue weighted by Crippen LogP contribution is 2.35. The van der Waals surface area contributed by atoms with Crippen LogP contribution in [0, 0.1) is 11.3 Å². The van der Waals surface area contributed by atoms with Gasteiger partial charge in [0, 0.05) is 18.2 Å². The van der Waals surface area contributed by atoms with E-state index in [1.165, 1.54) is 7.11 Å². The van der Waals surface area contributed by atoms with Crippen LogP contribution in [0.15, 0.2) is 0 Å². The third kappa shape index (κ3) is 2.76. The lowest BCUT2D eigenvalue weighted by atomic mass is 9.84. The summed E-state index contributed by atoms with van der Waals surface area (Å²) in [4.78, 5) is 16.5. The molecule has 7 heteroatoms. The Hall–Kier alpha value is -2.17. The highest BCUT2D eigenvalue weighted by atomic mass is 16.5. The van der Waals surface area contributed by atoms with Crippen LogP contribution in [-0.2, 0) is 22.4 Å². The maximum Gasteiger partial charge on any atom is 0.324 e. The van der Waals surface area contributed by atoms with Crippen LogP contribution in [0.2, 0.25) is 0 Å². The summed E-state index contributed by atoms with van der Waals surface area (Å²) in [6.07, 6.45) is 5.02. The predicted molar refractivity (Wildman–Crippen MR) is 84.3 cm³/mol. The van der Waals surface area contributed by atoms with Gasteiger partial charge in [0.15, 0.2) is 0 Å². The van der Waals surface area contributed by atoms with Crippen LogP contribution >= 0.6 is 0 Å². The lowest BCUT2D eigenvalue weighted by molar-refractivity contribution is -0.143. The summed E-state index contributed by atoms with van der Waals surface area (Å²) in [7, 11) is 1.37. The van der Waals surface area contributed by atoms with Crippen molar-refractivity contribution in [3.05, 3.63) is 22.4 Å². The first-order chi connectivity index (χ1) is 11.2. The SMILES string of the molecule is COC(=O)C1NNCC1c1c(C#N)c(N)nc2c1CCCCC2. The molecule has 1 fully saturated rings. The Morgan fingerprint density at radius 1 is 1.39 bits per heavy atom. The van der Waals surface area contributed by atoms with E-state index < -0.39 is 6.04 Å². The van der Waals surface area contributed by atoms with Crippen molar-refractivity contribution in [3.63, 3.8) is 0 Å². The van der Waals surface area contributed by atoms with Crippen molar-refractivity contribution in [2.24, 2.45) is 0 Å². The Morgan fingerprint density at radius 3 is 2.91 bits per heavy atom. The molecule has 23 heavy (non-hydrogen) atoms. The molecule has 0 saturated carbocycles. The number of methoxy groups -OCH3 is 1. The fourth-order valence-electron chi connectivity index (χ4n) is 3.61. The summed E-state index contributed by atoms with van der Waals surface area (Å²) >= 11 is 0. The maximum atomic E-state index is 12.1. The molecule has 0 amide bonds. The molecule has 4 N–H and O–H groups in total. The number of esters is 1. The van der Waals surface area contributed by atoms with Crippen LogP contribution in [0.3, 0.4) is 0 Å². The second-order valence-corrected chi connectivity index (χ2v) is 6.02. The molecule has 1 aliphatic carbocycles. The number of carbonyl (C=O) groups excluding carboxylic acids is 1. The summed E-state index contributed by atoms with van der Waals surface area (Å²) in [6.45, 7) is 0.546. The number of anilines is 1. The van der Waals surface area contributed by atoms with Crippen LogP contribution in [0.5, 0.6) is 0 Å². The summed E-state index contributed by atoms with van der Waals surface area (Å²) < 4.78 is 4.89. The number of fused-ring (bicyclic) bond motifs is 1. The van der Waals surface area contributed by atoms with Gasteiger partial charge >= 0.3 is 5.97 Å². The lowest BCUT2D eigenvalue weighted by Gasteiger charge is -2.23. The fraction of sp³-hybridized carbons (Fsp3) is 0.562. The van der Waals surface area contributed by atoms with Gasteiger partial charge in [0.25, 0.3) is 0 Å². The maximum absolute atomic E-state index is 12.1. The van der Waals surface area contributed by atoms with E-state index in [0.29, 0.717) is 12.1 Å². The molecule has 2 atom stereocenters. The molecule has 122 valence electrons. The van der Waals surface area contributed by atoms with Crippen molar-refractivity contribution >= 4 is 11.8 Å². The zero-order valence-corrected chi connectivity index (χ0v) is 13.2. The average molecular weight is 315 g/mol. The van der Waals surface area contributed by atoms with E-state index in [9.17, 15) is 10.1 Å². The van der Waals surface area contributed by atoms with Gasteiger partial charge < -0.3 is 10.5 Å². The monoisotopic (exact) mass is 315 g/mol. The van der Waals surface area contributed by atoms with Crippen molar-refractivity contribution in [1.82, 2.24) is 15.8 Å². The highest BCUT2D eigenvalue weighted by Gasteiger charge is 2.38. The molecule has 1 aromatic rings. The molecule has 0 radical (unpaired) electrons. The minimum absolute atomic E-state index is 0.186. The van der Waals surface area contributed by atoms with Crippen LogP contribution in [0.4, 0.5) is 5.82 Å². The van der Waals surface area contributed by atoms with E-state index in [1.54, 1.807) is 0 Å². The number of carbonyl (C=O) groups is 1. The smallest absolute Gasteiger partial charge is 0.324 e. The van der Waals surface area contributed by atoms with Crippen LogP contribution in [0.25, 0.3) is 0 Å². The van der Waals surface area contributed by atoms with Gasteiger partial charge in [0.2, 0.25) is 0 Å². The number of nitrogens with two attached hydrogens (primary N) is 1. The third-order valence-electron chi connectivity index (χ3n) is 4.71. The normalized spacial score (nSPS) is 23.7. The number of nitrogens with zero attached hydrogens (tertiary/aromatic N) is 2. The van der Waals surface area contributed by atoms with Gasteiger partial charge in [-0.05, 0) is 36.8 Å². The van der Waals surface area contributed by atoms with Gasteiger partial charge in [0.1, 0.15) is 17.9 Å². The first kappa shape index (κ1) is 15.7. The predicted octanol–water partition coefficient (Wildman–Crippen LogP) is 0.537. The number of nitriles is 1. The number of rotatable bonds is 2. The number of hydrogen-bond donors (Lipinski definition) is 3. The minimum atomic E-state index is -0.527. The Kier molecular flexibility index (Phi) is 4.46. The zero-order valence-electron chi connectivity index (χ0n) is 13.2. The molecular formula is C16H21N5O2. The summed E-state index contributed by atoms with van der Waals surface area (Å²) in [5, 5.41) is 9.59. The van der Waals surface area contributed by atoms with E-state index in [4.69, 9.17) is 10.5 Å². The molecule has 1 aromatic heterocycles. The van der Waals surface area contributed by atoms with E-state index >= 15 is 0 Å². The second-order valence-electron chi connectivity index (χ2n) is 6.02. The first-order valence-electron chi connectivity index (χ1n) is 7.94. The van der Waals surface area contributed by atoms with E-state index in [1.807, 2.05) is 0 Å². The molecule has 2 heterocycles. The van der Waals surface area contributed by atoms with Gasteiger partial charge in [-0.2, -0.15) is 5.26 Å². The fourth-order valence-corrected chi connectivity index (χ4v) is 3.61. The van der Waals surface area contributed by atoms with Crippen molar-refractivity contribution in [1.29, 1.82) is 5.26 Å². The Morgan fingerprint density at radius 2 is 2.17 bits per heavy atom. The number of nitrogen functional groups attached to an aromatic ring is 1. The first-order valence-corrected chi connectivity index (χ1v) is 7.94. The standard InChI is InChI=1S/C16H21N5O2/c1-23-16(22)14-11(8-19-21-14)13-9-5-3-2-4-6-12(9)20-15(18)10(13)7-17/h11,14,19,21H,2-6,8H2,1H3,(H2,18,20). The van der Waals surface area contributed by atoms with Crippen LogP contribution < -0.4 is 16.6 Å². The third-order valence-corrected chi connectivity index (χ3v) is 4.71. The Labute approximate surface area is 135 Å². The van der Waals surface area contributed by atoms with E-state index in [0.717, 1.165) is 48.9 Å². The highest BCUT2D eigenvalue weighted by molar-refractivity contribution is 5.78. The Balaban J connectivity index is 2.15. The van der Waals surface area contributed by atoms with Gasteiger partial charge in [-0.15, -0.1) is 0 Å². The molecule has 1 aliphatic heterocycles. The number of aryl methyl sites for hydroxylation is 1. The minimum Gasteiger partial charge on any atom is -0.468 e. The number of nitrogens with one attached hydrogen (secondary N) is 2. The molecule has 0 spiro atoms. The molecule has 2 aliphatic rings. The van der Waals surface area contributed by atoms with Gasteiger partial charge in [0.05, 0.1) is 12.7 Å². The quantitative estimate of drug-likeness (QED) is 0.539. The molecular weight excluding hydrogens is 294 g/mol. The molecule has 1 saturated heterocycles. The average Bonchev–Trinajstić information content (AvgIpc) is 2.92. The van der Waals surface area contributed by atoms with E-state index in [-0.39, 0.29) is 17.7 Å². The molecule has 0 bridgehead atoms. The van der Waals surface area contributed by atoms with E-state index in [2.05, 4.69) is 21.9 Å². The number of hydrogen-bond acceptors (Lipinski definition) is 7. The van der Waals surface area contributed by atoms with Crippen molar-refractivity contribution in [3.8, 4) is 6.07 Å². The van der Waals surface area contributed by atoms with Crippen molar-refractivity contribution < 1.29 is 9.53 Å². The molecule has 2 unspecified atom stereocenters. The van der Waals surface area contributed by atoms with Crippen molar-refractivity contribution in [2.75, 3.05) is 19.4 Å². The lowest BCUT2D eigenvalue weighted by Crippen LogP contribution is -2.39. The summed E-state index contributed by atoms with van der Waals surface area (Å²) in [6, 6.07) is 1.67. The second kappa shape index (κ2) is 6.52. The van der Waals surface area contributed by atoms with Gasteiger partial charge in [-0.3, -0.25) is 10.2 Å². The number of hydrazine groups is 1.